The minimum Gasteiger partial charge on any atom is -0.495 e. The van der Waals surface area contributed by atoms with Crippen LogP contribution in [0.2, 0.25) is 0 Å². The first kappa shape index (κ1) is 44.2. The third kappa shape index (κ3) is 8.42. The minimum atomic E-state index is -1.02. The van der Waals surface area contributed by atoms with E-state index < -0.39 is 29.7 Å². The Morgan fingerprint density at radius 2 is 1.66 bits per heavy atom. The first-order valence-electron chi connectivity index (χ1n) is 23.7. The van der Waals surface area contributed by atoms with E-state index in [2.05, 4.69) is 35.6 Å². The van der Waals surface area contributed by atoms with Gasteiger partial charge in [-0.1, -0.05) is 18.9 Å². The summed E-state index contributed by atoms with van der Waals surface area (Å²) in [5, 5.41) is 8.69. The Labute approximate surface area is 388 Å². The number of likely N-dealkylation sites (tertiary alicyclic amines) is 1. The molecule has 67 heavy (non-hydrogen) atoms. The normalized spacial score (nSPS) is 22.2. The average Bonchev–Trinajstić information content (AvgIpc) is 3.85. The molecule has 0 bridgehead atoms. The highest BCUT2D eigenvalue weighted by Gasteiger charge is 2.55. The number of nitrogens with zero attached hydrogens (tertiary/aromatic N) is 8. The molecule has 1 aromatic heterocycles. The van der Waals surface area contributed by atoms with Gasteiger partial charge in [0.1, 0.15) is 17.5 Å². The summed E-state index contributed by atoms with van der Waals surface area (Å²) in [4.78, 5) is 112. The van der Waals surface area contributed by atoms with Crippen molar-refractivity contribution in [1.29, 1.82) is 0 Å². The fourth-order valence-corrected chi connectivity index (χ4v) is 10.8. The number of hydrogen-bond acceptors (Lipinski definition) is 14. The molecule has 5 fully saturated rings. The number of nitrogens with one attached hydrogen (secondary N) is 3. The number of carbonyl (C=O) groups excluding carboxylic acids is 7. The van der Waals surface area contributed by atoms with E-state index in [1.165, 1.54) is 0 Å². The number of methoxy groups -OCH3 is 1. The monoisotopic (exact) mass is 915 g/mol. The summed E-state index contributed by atoms with van der Waals surface area (Å²) in [6.45, 7) is 4.82. The fourth-order valence-electron chi connectivity index (χ4n) is 10.8. The number of fused-ring (bicyclic) bond motifs is 2. The number of amides is 7. The van der Waals surface area contributed by atoms with Gasteiger partial charge in [0.25, 0.3) is 17.7 Å². The molecule has 7 amide bonds. The number of piperidine rings is 2. The van der Waals surface area contributed by atoms with Crippen LogP contribution in [-0.4, -0.2) is 151 Å². The van der Waals surface area contributed by atoms with E-state index in [1.807, 2.05) is 18.0 Å². The third-order valence-corrected chi connectivity index (χ3v) is 14.9. The molecule has 10 rings (SSSR count). The van der Waals surface area contributed by atoms with Crippen molar-refractivity contribution in [3.8, 4) is 5.75 Å². The van der Waals surface area contributed by atoms with Crippen molar-refractivity contribution in [1.82, 2.24) is 35.3 Å². The maximum atomic E-state index is 13.6. The molecule has 1 unspecified atom stereocenters. The lowest BCUT2D eigenvalue weighted by Gasteiger charge is -2.37. The highest BCUT2D eigenvalue weighted by atomic mass is 16.5. The molecule has 5 aliphatic heterocycles. The predicted molar refractivity (Wildman–Crippen MR) is 246 cm³/mol. The SMILES string of the molecule is COc1cc(C(=O)NC2CCN(C(=O)CCN3CCN(c4cccc5c4C(=O)N(C4CCC(=O)NC4=O)C5=O)CC3)CC2)ccc1Nc1ncc2c(n1)N(C1CCCC1)CC1(CC1)C(=O)N2C. The van der Waals surface area contributed by atoms with Crippen LogP contribution < -0.4 is 35.4 Å². The molecule has 1 atom stereocenters. The topological polar surface area (TPSA) is 210 Å². The smallest absolute Gasteiger partial charge is 0.264 e. The van der Waals surface area contributed by atoms with E-state index in [-0.39, 0.29) is 53.1 Å². The molecular formula is C48H57N11O8. The van der Waals surface area contributed by atoms with Gasteiger partial charge < -0.3 is 35.0 Å². The lowest BCUT2D eigenvalue weighted by atomic mass is 10.0. The summed E-state index contributed by atoms with van der Waals surface area (Å²) in [6.07, 6.45) is 9.76. The van der Waals surface area contributed by atoms with Gasteiger partial charge in [-0.2, -0.15) is 4.98 Å². The van der Waals surface area contributed by atoms with Crippen molar-refractivity contribution in [2.75, 3.05) is 86.5 Å². The maximum Gasteiger partial charge on any atom is 0.264 e. The second-order valence-electron chi connectivity index (χ2n) is 19.0. The molecule has 19 nitrogen and oxygen atoms in total. The molecule has 2 saturated carbocycles. The second-order valence-corrected chi connectivity index (χ2v) is 19.0. The Kier molecular flexibility index (Phi) is 11.8. The summed E-state index contributed by atoms with van der Waals surface area (Å²) >= 11 is 0. The van der Waals surface area contributed by atoms with Gasteiger partial charge in [0.15, 0.2) is 5.82 Å². The van der Waals surface area contributed by atoms with Gasteiger partial charge in [0.05, 0.1) is 41.2 Å². The maximum absolute atomic E-state index is 13.6. The van der Waals surface area contributed by atoms with Crippen molar-refractivity contribution in [3.05, 3.63) is 59.3 Å². The summed E-state index contributed by atoms with van der Waals surface area (Å²) in [6, 6.07) is 9.58. The van der Waals surface area contributed by atoms with Gasteiger partial charge in [0.2, 0.25) is 29.6 Å². The van der Waals surface area contributed by atoms with Gasteiger partial charge in [-0.05, 0) is 75.3 Å². The second kappa shape index (κ2) is 17.9. The molecule has 0 radical (unpaired) electrons. The average molecular weight is 916 g/mol. The van der Waals surface area contributed by atoms with Crippen LogP contribution in [0, 0.1) is 5.41 Å². The van der Waals surface area contributed by atoms with Crippen molar-refractivity contribution in [3.63, 3.8) is 0 Å². The van der Waals surface area contributed by atoms with Crippen LogP contribution in [0.3, 0.4) is 0 Å². The van der Waals surface area contributed by atoms with Crippen LogP contribution in [0.15, 0.2) is 42.6 Å². The first-order valence-corrected chi connectivity index (χ1v) is 23.7. The Balaban J connectivity index is 0.693. The van der Waals surface area contributed by atoms with E-state index in [4.69, 9.17) is 9.72 Å². The van der Waals surface area contributed by atoms with Crippen molar-refractivity contribution in [2.24, 2.45) is 5.41 Å². The van der Waals surface area contributed by atoms with Crippen LogP contribution in [0.4, 0.5) is 28.8 Å². The third-order valence-electron chi connectivity index (χ3n) is 14.9. The van der Waals surface area contributed by atoms with E-state index in [0.29, 0.717) is 112 Å². The number of rotatable bonds is 11. The van der Waals surface area contributed by atoms with Gasteiger partial charge in [-0.25, -0.2) is 4.98 Å². The summed E-state index contributed by atoms with van der Waals surface area (Å²) in [5.41, 5.74) is 2.59. The Morgan fingerprint density at radius 3 is 2.37 bits per heavy atom. The predicted octanol–water partition coefficient (Wildman–Crippen LogP) is 3.07. The molecule has 19 heteroatoms. The van der Waals surface area contributed by atoms with Gasteiger partial charge in [-0.3, -0.25) is 48.7 Å². The quantitative estimate of drug-likeness (QED) is 0.236. The molecule has 3 aromatic rings. The number of aromatic nitrogens is 2. The first-order chi connectivity index (χ1) is 32.4. The van der Waals surface area contributed by atoms with Crippen LogP contribution in [0.1, 0.15) is 102 Å². The lowest BCUT2D eigenvalue weighted by molar-refractivity contribution is -0.136. The molecular weight excluding hydrogens is 859 g/mol. The van der Waals surface area contributed by atoms with Crippen LogP contribution >= 0.6 is 0 Å². The van der Waals surface area contributed by atoms with Crippen molar-refractivity contribution < 1.29 is 38.3 Å². The minimum absolute atomic E-state index is 0.0589. The Morgan fingerprint density at radius 1 is 0.896 bits per heavy atom. The highest BCUT2D eigenvalue weighted by Crippen LogP contribution is 2.53. The number of benzene rings is 2. The molecule has 2 aliphatic carbocycles. The van der Waals surface area contributed by atoms with Crippen LogP contribution in [-0.2, 0) is 19.2 Å². The fraction of sp³-hybridized carbons (Fsp3) is 0.521. The number of anilines is 5. The molecule has 1 spiro atoms. The van der Waals surface area contributed by atoms with Gasteiger partial charge >= 0.3 is 0 Å². The van der Waals surface area contributed by atoms with E-state index in [1.54, 1.807) is 48.5 Å². The Hall–Kier alpha value is -6.63. The summed E-state index contributed by atoms with van der Waals surface area (Å²) < 4.78 is 5.73. The van der Waals surface area contributed by atoms with E-state index >= 15 is 0 Å². The number of carbonyl (C=O) groups is 7. The largest absolute Gasteiger partial charge is 0.495 e. The van der Waals surface area contributed by atoms with E-state index in [0.717, 1.165) is 49.2 Å². The zero-order valence-corrected chi connectivity index (χ0v) is 38.1. The zero-order chi connectivity index (χ0) is 46.6. The highest BCUT2D eigenvalue weighted by molar-refractivity contribution is 6.25. The summed E-state index contributed by atoms with van der Waals surface area (Å²) in [5.74, 6) is -0.545. The van der Waals surface area contributed by atoms with Crippen LogP contribution in [0.5, 0.6) is 5.75 Å². The number of hydrogen-bond donors (Lipinski definition) is 3. The zero-order valence-electron chi connectivity index (χ0n) is 38.1. The van der Waals surface area contributed by atoms with E-state index in [9.17, 15) is 33.6 Å². The molecule has 352 valence electrons. The van der Waals surface area contributed by atoms with Crippen molar-refractivity contribution >= 4 is 70.2 Å². The molecule has 6 heterocycles. The number of ether oxygens (including phenoxy) is 1. The lowest BCUT2D eigenvalue weighted by Crippen LogP contribution is -2.54. The van der Waals surface area contributed by atoms with Crippen molar-refractivity contribution in [2.45, 2.75) is 88.8 Å². The summed E-state index contributed by atoms with van der Waals surface area (Å²) in [7, 11) is 3.37. The van der Waals surface area contributed by atoms with Crippen LogP contribution in [0.25, 0.3) is 0 Å². The number of imide groups is 2. The Bertz CT molecular complexity index is 2530. The molecule has 3 N–H and O–H groups in total. The number of piperazine rings is 1. The standard InChI is InChI=1S/C48H57N11O8/c1-54-36-27-49-47(53-41(36)58(31-6-3-4-7-31)28-48(17-18-48)46(54)66)51-33-11-10-29(26-37(33)67-2)42(62)50-30-14-20-57(21-15-30)39(61)16-19-55-22-24-56(25-23-55)34-9-5-8-32-40(34)45(65)59(44(32)64)35-12-13-38(60)52-43(35)63/h5,8-11,26-27,30-31,35H,3-4,6-7,12-25,28H2,1-2H3,(H,50,62)(H,49,51,53)(H,52,60,63). The molecule has 3 saturated heterocycles. The van der Waals surface area contributed by atoms with Gasteiger partial charge in [-0.15, -0.1) is 0 Å². The molecule has 2 aromatic carbocycles. The van der Waals surface area contributed by atoms with Gasteiger partial charge in [0, 0.05) is 89.9 Å². The molecule has 7 aliphatic rings.